The van der Waals surface area contributed by atoms with Gasteiger partial charge in [0.15, 0.2) is 15.6 Å². The van der Waals surface area contributed by atoms with Crippen molar-refractivity contribution in [1.82, 2.24) is 5.16 Å². The number of hydrogen-bond acceptors (Lipinski definition) is 5. The van der Waals surface area contributed by atoms with Crippen LogP contribution in [0.15, 0.2) is 39.9 Å². The molecule has 1 aromatic heterocycles. The van der Waals surface area contributed by atoms with E-state index in [-0.39, 0.29) is 4.90 Å². The van der Waals surface area contributed by atoms with Crippen molar-refractivity contribution in [2.24, 2.45) is 0 Å². The summed E-state index contributed by atoms with van der Waals surface area (Å²) in [5.74, 6) is 0.380. The lowest BCUT2D eigenvalue weighted by Gasteiger charge is -2.01. The number of rotatable bonds is 2. The highest BCUT2D eigenvalue weighted by atomic mass is 32.2. The van der Waals surface area contributed by atoms with Crippen molar-refractivity contribution in [2.45, 2.75) is 4.90 Å². The van der Waals surface area contributed by atoms with Crippen LogP contribution in [-0.2, 0) is 9.84 Å². The van der Waals surface area contributed by atoms with E-state index >= 15 is 0 Å². The van der Waals surface area contributed by atoms with Crippen LogP contribution in [0.4, 0.5) is 5.69 Å². The summed E-state index contributed by atoms with van der Waals surface area (Å²) >= 11 is 0. The van der Waals surface area contributed by atoms with Crippen LogP contribution in [0.25, 0.3) is 11.3 Å². The zero-order valence-electron chi connectivity index (χ0n) is 8.54. The van der Waals surface area contributed by atoms with Gasteiger partial charge >= 0.3 is 0 Å². The Hall–Kier alpha value is -1.82. The van der Waals surface area contributed by atoms with Crippen LogP contribution in [-0.4, -0.2) is 19.8 Å². The predicted molar refractivity (Wildman–Crippen MR) is 59.5 cm³/mol. The summed E-state index contributed by atoms with van der Waals surface area (Å²) in [6.07, 6.45) is 2.53. The summed E-state index contributed by atoms with van der Waals surface area (Å²) in [6, 6.07) is 6.37. The van der Waals surface area contributed by atoms with E-state index in [1.807, 2.05) is 0 Å². The van der Waals surface area contributed by atoms with E-state index < -0.39 is 9.84 Å². The molecule has 0 radical (unpaired) electrons. The van der Waals surface area contributed by atoms with Crippen LogP contribution in [0.1, 0.15) is 0 Å². The molecule has 2 aromatic rings. The standard InChI is InChI=1S/C10H10N2O3S/c1-16(13,14)8-4-2-3-7(5-8)10-9(11)6-12-15-10/h2-6H,11H2,1H3. The molecule has 0 atom stereocenters. The van der Waals surface area contributed by atoms with E-state index in [1.54, 1.807) is 12.1 Å². The number of benzene rings is 1. The van der Waals surface area contributed by atoms with Gasteiger partial charge in [-0.2, -0.15) is 0 Å². The van der Waals surface area contributed by atoms with E-state index in [0.717, 1.165) is 6.26 Å². The van der Waals surface area contributed by atoms with Crippen LogP contribution in [0.3, 0.4) is 0 Å². The van der Waals surface area contributed by atoms with Crippen molar-refractivity contribution in [3.63, 3.8) is 0 Å². The van der Waals surface area contributed by atoms with Gasteiger partial charge in [0.25, 0.3) is 0 Å². The third-order valence-electron chi connectivity index (χ3n) is 2.12. The highest BCUT2D eigenvalue weighted by Gasteiger charge is 2.12. The van der Waals surface area contributed by atoms with Gasteiger partial charge in [-0.25, -0.2) is 8.42 Å². The van der Waals surface area contributed by atoms with E-state index in [2.05, 4.69) is 5.16 Å². The van der Waals surface area contributed by atoms with Gasteiger partial charge < -0.3 is 10.3 Å². The Balaban J connectivity index is 2.57. The molecule has 1 aromatic carbocycles. The van der Waals surface area contributed by atoms with Gasteiger partial charge in [0.05, 0.1) is 11.1 Å². The average Bonchev–Trinajstić information content (AvgIpc) is 2.63. The van der Waals surface area contributed by atoms with Gasteiger partial charge in [-0.1, -0.05) is 17.3 Å². The number of nitrogens with zero attached hydrogens (tertiary/aromatic N) is 1. The third-order valence-corrected chi connectivity index (χ3v) is 3.23. The van der Waals surface area contributed by atoms with Crippen molar-refractivity contribution in [3.05, 3.63) is 30.5 Å². The number of anilines is 1. The molecule has 6 heteroatoms. The van der Waals surface area contributed by atoms with E-state index in [9.17, 15) is 8.42 Å². The van der Waals surface area contributed by atoms with Crippen LogP contribution in [0.2, 0.25) is 0 Å². The maximum Gasteiger partial charge on any atom is 0.189 e. The van der Waals surface area contributed by atoms with E-state index in [0.29, 0.717) is 17.0 Å². The largest absolute Gasteiger partial charge is 0.394 e. The smallest absolute Gasteiger partial charge is 0.189 e. The van der Waals surface area contributed by atoms with Gasteiger partial charge in [0.2, 0.25) is 0 Å². The molecule has 2 rings (SSSR count). The van der Waals surface area contributed by atoms with Crippen molar-refractivity contribution in [1.29, 1.82) is 0 Å². The Morgan fingerprint density at radius 2 is 2.12 bits per heavy atom. The van der Waals surface area contributed by atoms with Gasteiger partial charge in [0, 0.05) is 11.8 Å². The van der Waals surface area contributed by atoms with Gasteiger partial charge in [0.1, 0.15) is 5.69 Å². The fourth-order valence-corrected chi connectivity index (χ4v) is 2.00. The van der Waals surface area contributed by atoms with Crippen LogP contribution in [0, 0.1) is 0 Å². The molecule has 1 heterocycles. The molecule has 0 aliphatic rings. The van der Waals surface area contributed by atoms with Crippen LogP contribution >= 0.6 is 0 Å². The topological polar surface area (TPSA) is 86.2 Å². The third kappa shape index (κ3) is 1.92. The molecule has 0 unspecified atom stereocenters. The molecule has 5 nitrogen and oxygen atoms in total. The predicted octanol–water partition coefficient (Wildman–Crippen LogP) is 1.33. The molecule has 0 saturated heterocycles. The second-order valence-electron chi connectivity index (χ2n) is 3.41. The molecule has 2 N–H and O–H groups in total. The van der Waals surface area contributed by atoms with Crippen LogP contribution < -0.4 is 5.73 Å². The van der Waals surface area contributed by atoms with Crippen molar-refractivity contribution >= 4 is 15.5 Å². The Morgan fingerprint density at radius 1 is 1.38 bits per heavy atom. The normalized spacial score (nSPS) is 11.6. The highest BCUT2D eigenvalue weighted by molar-refractivity contribution is 7.90. The molecular weight excluding hydrogens is 228 g/mol. The maximum atomic E-state index is 11.4. The molecule has 0 amide bonds. The quantitative estimate of drug-likeness (QED) is 0.852. The van der Waals surface area contributed by atoms with Gasteiger partial charge in [-0.05, 0) is 12.1 Å². The second kappa shape index (κ2) is 3.64. The molecule has 0 bridgehead atoms. The first-order valence-electron chi connectivity index (χ1n) is 4.49. The number of nitrogens with two attached hydrogens (primary N) is 1. The van der Waals surface area contributed by atoms with Crippen LogP contribution in [0.5, 0.6) is 0 Å². The lowest BCUT2D eigenvalue weighted by molar-refractivity contribution is 0.432. The molecule has 0 fully saturated rings. The average molecular weight is 238 g/mol. The summed E-state index contributed by atoms with van der Waals surface area (Å²) in [7, 11) is -3.23. The zero-order chi connectivity index (χ0) is 11.8. The number of aromatic nitrogens is 1. The molecule has 0 spiro atoms. The van der Waals surface area contributed by atoms with Crippen molar-refractivity contribution in [2.75, 3.05) is 12.0 Å². The minimum absolute atomic E-state index is 0.223. The Kier molecular flexibility index (Phi) is 2.43. The fraction of sp³-hybridized carbons (Fsp3) is 0.100. The SMILES string of the molecule is CS(=O)(=O)c1cccc(-c2oncc2N)c1. The molecular formula is C10H10N2O3S. The molecule has 0 aliphatic heterocycles. The number of sulfone groups is 1. The maximum absolute atomic E-state index is 11.4. The highest BCUT2D eigenvalue weighted by Crippen LogP contribution is 2.26. The molecule has 0 saturated carbocycles. The first-order chi connectivity index (χ1) is 7.48. The lowest BCUT2D eigenvalue weighted by atomic mass is 10.1. The minimum atomic E-state index is -3.23. The second-order valence-corrected chi connectivity index (χ2v) is 5.43. The molecule has 84 valence electrons. The Labute approximate surface area is 92.8 Å². The van der Waals surface area contributed by atoms with Gasteiger partial charge in [-0.3, -0.25) is 0 Å². The molecule has 0 aliphatic carbocycles. The summed E-state index contributed by atoms with van der Waals surface area (Å²) in [6.45, 7) is 0. The summed E-state index contributed by atoms with van der Waals surface area (Å²) < 4.78 is 27.7. The van der Waals surface area contributed by atoms with Gasteiger partial charge in [-0.15, -0.1) is 0 Å². The zero-order valence-corrected chi connectivity index (χ0v) is 9.36. The first kappa shape index (κ1) is 10.7. The number of nitrogen functional groups attached to an aromatic ring is 1. The van der Waals surface area contributed by atoms with Crippen molar-refractivity contribution < 1.29 is 12.9 Å². The monoisotopic (exact) mass is 238 g/mol. The summed E-state index contributed by atoms with van der Waals surface area (Å²) in [5, 5.41) is 3.54. The lowest BCUT2D eigenvalue weighted by Crippen LogP contribution is -1.97. The minimum Gasteiger partial charge on any atom is -0.394 e. The number of hydrogen-bond donors (Lipinski definition) is 1. The van der Waals surface area contributed by atoms with Crippen molar-refractivity contribution in [3.8, 4) is 11.3 Å². The fourth-order valence-electron chi connectivity index (χ4n) is 1.33. The summed E-state index contributed by atoms with van der Waals surface area (Å²) in [4.78, 5) is 0.223. The Morgan fingerprint density at radius 3 is 2.69 bits per heavy atom. The summed E-state index contributed by atoms with van der Waals surface area (Å²) in [5.41, 5.74) is 6.60. The first-order valence-corrected chi connectivity index (χ1v) is 6.38. The van der Waals surface area contributed by atoms with E-state index in [4.69, 9.17) is 10.3 Å². The Bertz CT molecular complexity index is 616. The molecule has 16 heavy (non-hydrogen) atoms. The van der Waals surface area contributed by atoms with E-state index in [1.165, 1.54) is 18.3 Å².